The van der Waals surface area contributed by atoms with E-state index in [1.807, 2.05) is 24.7 Å². The molecular formula is C12H18N4S. The third kappa shape index (κ3) is 2.20. The summed E-state index contributed by atoms with van der Waals surface area (Å²) in [4.78, 5) is 5.74. The van der Waals surface area contributed by atoms with Gasteiger partial charge in [0.15, 0.2) is 11.6 Å². The molecule has 4 nitrogen and oxygen atoms in total. The molecule has 2 N–H and O–H groups in total. The zero-order valence-electron chi connectivity index (χ0n) is 10.9. The fraction of sp³-hybridized carbons (Fsp3) is 0.500. The van der Waals surface area contributed by atoms with Gasteiger partial charge in [-0.15, -0.1) is 11.3 Å². The lowest BCUT2D eigenvalue weighted by molar-refractivity contribution is 0.538. The van der Waals surface area contributed by atoms with E-state index in [-0.39, 0.29) is 5.41 Å². The Labute approximate surface area is 105 Å². The smallest absolute Gasteiger partial charge is 0.168 e. The number of hydrogen-bond donors (Lipinski definition) is 1. The molecule has 0 aromatic carbocycles. The van der Waals surface area contributed by atoms with Gasteiger partial charge in [0.25, 0.3) is 0 Å². The summed E-state index contributed by atoms with van der Waals surface area (Å²) in [5.74, 6) is 1.76. The molecule has 0 spiro atoms. The van der Waals surface area contributed by atoms with Gasteiger partial charge < -0.3 is 5.73 Å². The Hall–Kier alpha value is -1.36. The van der Waals surface area contributed by atoms with Crippen LogP contribution >= 0.6 is 11.3 Å². The lowest BCUT2D eigenvalue weighted by atomic mass is 9.96. The molecule has 2 aromatic rings. The molecule has 0 aliphatic heterocycles. The number of nitrogen functional groups attached to an aromatic ring is 1. The van der Waals surface area contributed by atoms with E-state index in [1.54, 1.807) is 11.3 Å². The highest BCUT2D eigenvalue weighted by atomic mass is 32.1. The number of aryl methyl sites for hydroxylation is 2. The molecule has 0 aliphatic carbocycles. The van der Waals surface area contributed by atoms with Crippen LogP contribution < -0.4 is 5.73 Å². The lowest BCUT2D eigenvalue weighted by Crippen LogP contribution is -2.13. The summed E-state index contributed by atoms with van der Waals surface area (Å²) in [6, 6.07) is 1.98. The highest BCUT2D eigenvalue weighted by molar-refractivity contribution is 7.19. The van der Waals surface area contributed by atoms with Gasteiger partial charge in [0.1, 0.15) is 0 Å². The highest BCUT2D eigenvalue weighted by Gasteiger charge is 2.22. The SMILES string of the molecule is Cc1cc(N)sc1-c1nc(C(C)(C)C)nn1C. The average Bonchev–Trinajstić information content (AvgIpc) is 2.68. The van der Waals surface area contributed by atoms with Crippen LogP contribution in [0.25, 0.3) is 10.7 Å². The lowest BCUT2D eigenvalue weighted by Gasteiger charge is -2.11. The number of hydrogen-bond acceptors (Lipinski definition) is 4. The minimum atomic E-state index is -0.0350. The second-order valence-corrected chi connectivity index (χ2v) is 6.38. The molecule has 0 bridgehead atoms. The zero-order valence-corrected chi connectivity index (χ0v) is 11.7. The molecule has 0 amide bonds. The predicted octanol–water partition coefficient (Wildman–Crippen LogP) is 2.73. The molecule has 92 valence electrons. The number of anilines is 1. The van der Waals surface area contributed by atoms with Gasteiger partial charge in [0, 0.05) is 12.5 Å². The number of nitrogens with zero attached hydrogens (tertiary/aromatic N) is 3. The summed E-state index contributed by atoms with van der Waals surface area (Å²) >= 11 is 1.56. The normalized spacial score (nSPS) is 12.1. The molecule has 0 unspecified atom stereocenters. The predicted molar refractivity (Wildman–Crippen MR) is 72.2 cm³/mol. The van der Waals surface area contributed by atoms with Gasteiger partial charge in [0.05, 0.1) is 9.88 Å². The van der Waals surface area contributed by atoms with Crippen LogP contribution in [0.15, 0.2) is 6.07 Å². The third-order valence-electron chi connectivity index (χ3n) is 2.57. The van der Waals surface area contributed by atoms with E-state index in [1.165, 1.54) is 0 Å². The minimum absolute atomic E-state index is 0.0350. The summed E-state index contributed by atoms with van der Waals surface area (Å²) < 4.78 is 1.83. The van der Waals surface area contributed by atoms with E-state index in [4.69, 9.17) is 5.73 Å². The molecule has 0 radical (unpaired) electrons. The maximum absolute atomic E-state index is 5.82. The highest BCUT2D eigenvalue weighted by Crippen LogP contribution is 2.33. The summed E-state index contributed by atoms with van der Waals surface area (Å²) in [6.45, 7) is 8.39. The molecule has 0 saturated carbocycles. The molecule has 0 aliphatic rings. The Morgan fingerprint density at radius 1 is 1.35 bits per heavy atom. The topological polar surface area (TPSA) is 56.7 Å². The van der Waals surface area contributed by atoms with Crippen molar-refractivity contribution in [3.8, 4) is 10.7 Å². The van der Waals surface area contributed by atoms with Crippen LogP contribution in [0.2, 0.25) is 0 Å². The number of rotatable bonds is 1. The van der Waals surface area contributed by atoms with Gasteiger partial charge in [0.2, 0.25) is 0 Å². The maximum Gasteiger partial charge on any atom is 0.168 e. The van der Waals surface area contributed by atoms with Crippen molar-refractivity contribution in [3.05, 3.63) is 17.5 Å². The maximum atomic E-state index is 5.82. The zero-order chi connectivity index (χ0) is 12.8. The van der Waals surface area contributed by atoms with Crippen LogP contribution in [-0.4, -0.2) is 14.8 Å². The van der Waals surface area contributed by atoms with Crippen LogP contribution in [0.5, 0.6) is 0 Å². The van der Waals surface area contributed by atoms with Crippen LogP contribution in [0.4, 0.5) is 5.00 Å². The number of thiophene rings is 1. The van der Waals surface area contributed by atoms with Gasteiger partial charge in [-0.1, -0.05) is 20.8 Å². The Balaban J connectivity index is 2.54. The molecular weight excluding hydrogens is 232 g/mol. The third-order valence-corrected chi connectivity index (χ3v) is 3.64. The first-order valence-corrected chi connectivity index (χ1v) is 6.38. The summed E-state index contributed by atoms with van der Waals surface area (Å²) in [6.07, 6.45) is 0. The molecule has 17 heavy (non-hydrogen) atoms. The molecule has 0 atom stereocenters. The van der Waals surface area contributed by atoms with Crippen molar-refractivity contribution in [1.82, 2.24) is 14.8 Å². The van der Waals surface area contributed by atoms with Crippen LogP contribution in [0.1, 0.15) is 32.2 Å². The van der Waals surface area contributed by atoms with Gasteiger partial charge >= 0.3 is 0 Å². The second kappa shape index (κ2) is 3.84. The van der Waals surface area contributed by atoms with Crippen LogP contribution in [-0.2, 0) is 12.5 Å². The van der Waals surface area contributed by atoms with Gasteiger partial charge in [-0.3, -0.25) is 0 Å². The summed E-state index contributed by atoms with van der Waals surface area (Å²) in [7, 11) is 1.92. The fourth-order valence-corrected chi connectivity index (χ4v) is 2.59. The minimum Gasteiger partial charge on any atom is -0.391 e. The van der Waals surface area contributed by atoms with E-state index in [0.717, 1.165) is 27.1 Å². The van der Waals surface area contributed by atoms with E-state index in [9.17, 15) is 0 Å². The quantitative estimate of drug-likeness (QED) is 0.846. The summed E-state index contributed by atoms with van der Waals surface area (Å²) in [5.41, 5.74) is 6.94. The monoisotopic (exact) mass is 250 g/mol. The first kappa shape index (κ1) is 12.1. The van der Waals surface area contributed by atoms with E-state index >= 15 is 0 Å². The Bertz CT molecular complexity index is 545. The van der Waals surface area contributed by atoms with E-state index < -0.39 is 0 Å². The average molecular weight is 250 g/mol. The molecule has 0 saturated heterocycles. The van der Waals surface area contributed by atoms with Crippen molar-refractivity contribution in [2.45, 2.75) is 33.1 Å². The van der Waals surface area contributed by atoms with Crippen molar-refractivity contribution < 1.29 is 0 Å². The van der Waals surface area contributed by atoms with Crippen LogP contribution in [0, 0.1) is 6.92 Å². The Kier molecular flexibility index (Phi) is 2.73. The Morgan fingerprint density at radius 3 is 2.41 bits per heavy atom. The Morgan fingerprint density at radius 2 is 2.00 bits per heavy atom. The van der Waals surface area contributed by atoms with Crippen molar-refractivity contribution in [2.24, 2.45) is 7.05 Å². The van der Waals surface area contributed by atoms with E-state index in [2.05, 4.69) is 30.9 Å². The van der Waals surface area contributed by atoms with Crippen molar-refractivity contribution in [2.75, 3.05) is 5.73 Å². The second-order valence-electron chi connectivity index (χ2n) is 5.29. The van der Waals surface area contributed by atoms with Crippen LogP contribution in [0.3, 0.4) is 0 Å². The number of nitrogens with two attached hydrogens (primary N) is 1. The van der Waals surface area contributed by atoms with E-state index in [0.29, 0.717) is 0 Å². The van der Waals surface area contributed by atoms with Gasteiger partial charge in [-0.2, -0.15) is 5.10 Å². The molecule has 2 rings (SSSR count). The van der Waals surface area contributed by atoms with Crippen molar-refractivity contribution in [1.29, 1.82) is 0 Å². The first-order chi connectivity index (χ1) is 7.79. The summed E-state index contributed by atoms with van der Waals surface area (Å²) in [5, 5.41) is 5.30. The standard InChI is InChI=1S/C12H18N4S/c1-7-6-8(13)17-9(7)10-14-11(12(2,3)4)15-16(10)5/h6H,13H2,1-5H3. The molecule has 0 fully saturated rings. The van der Waals surface area contributed by atoms with Gasteiger partial charge in [-0.05, 0) is 18.6 Å². The number of aromatic nitrogens is 3. The van der Waals surface area contributed by atoms with Crippen molar-refractivity contribution in [3.63, 3.8) is 0 Å². The largest absolute Gasteiger partial charge is 0.391 e. The van der Waals surface area contributed by atoms with Crippen molar-refractivity contribution >= 4 is 16.3 Å². The molecule has 2 aromatic heterocycles. The van der Waals surface area contributed by atoms with Gasteiger partial charge in [-0.25, -0.2) is 9.67 Å². The first-order valence-electron chi connectivity index (χ1n) is 5.57. The molecule has 2 heterocycles. The fourth-order valence-electron chi connectivity index (χ4n) is 1.63. The molecule has 5 heteroatoms.